The Kier molecular flexibility index (Phi) is 4.90. The number of carbonyl (C=O) groups excluding carboxylic acids is 2. The van der Waals surface area contributed by atoms with E-state index in [0.717, 1.165) is 25.9 Å². The molecule has 2 heterocycles. The first-order valence-electron chi connectivity index (χ1n) is 6.84. The molecule has 0 aromatic heterocycles. The summed E-state index contributed by atoms with van der Waals surface area (Å²) in [7, 11) is 0. The number of piperidine rings is 1. The van der Waals surface area contributed by atoms with Crippen molar-refractivity contribution in [3.63, 3.8) is 0 Å². The Bertz CT molecular complexity index is 385. The van der Waals surface area contributed by atoms with Crippen molar-refractivity contribution in [2.45, 2.75) is 42.8 Å². The molecule has 2 amide bonds. The van der Waals surface area contributed by atoms with E-state index >= 15 is 0 Å². The molecule has 0 aliphatic carbocycles. The maximum Gasteiger partial charge on any atom is 0.242 e. The first-order chi connectivity index (χ1) is 9.43. The fraction of sp³-hybridized carbons (Fsp3) is 0.833. The summed E-state index contributed by atoms with van der Waals surface area (Å²) in [6.07, 6.45) is 0.937. The van der Waals surface area contributed by atoms with Crippen molar-refractivity contribution in [3.8, 4) is 0 Å². The second kappa shape index (κ2) is 6.30. The average molecular weight is 302 g/mol. The fourth-order valence-corrected chi connectivity index (χ4v) is 4.03. The third-order valence-electron chi connectivity index (χ3n) is 3.78. The Labute approximate surface area is 122 Å². The lowest BCUT2D eigenvalue weighted by molar-refractivity contribution is -0.130. The van der Waals surface area contributed by atoms with Gasteiger partial charge in [-0.05, 0) is 32.9 Å². The van der Waals surface area contributed by atoms with Gasteiger partial charge in [-0.2, -0.15) is 0 Å². The lowest BCUT2D eigenvalue weighted by Gasteiger charge is -2.33. The van der Waals surface area contributed by atoms with E-state index in [9.17, 15) is 14.7 Å². The van der Waals surface area contributed by atoms with Gasteiger partial charge in [-0.25, -0.2) is 0 Å². The molecule has 2 fully saturated rings. The molecule has 2 aliphatic rings. The van der Waals surface area contributed by atoms with Crippen LogP contribution in [0.2, 0.25) is 0 Å². The van der Waals surface area contributed by atoms with Gasteiger partial charge in [0.2, 0.25) is 11.8 Å². The summed E-state index contributed by atoms with van der Waals surface area (Å²) in [5, 5.41) is 18.7. The van der Waals surface area contributed by atoms with Gasteiger partial charge in [0.15, 0.2) is 0 Å². The van der Waals surface area contributed by atoms with E-state index < -0.39 is 18.1 Å². The highest BCUT2D eigenvalue weighted by Gasteiger charge is 2.43. The molecular weight excluding hydrogens is 280 g/mol. The van der Waals surface area contributed by atoms with Crippen molar-refractivity contribution in [2.75, 3.05) is 18.8 Å². The Hall–Kier alpha value is -0.830. The zero-order valence-electron chi connectivity index (χ0n) is 11.5. The maximum absolute atomic E-state index is 12.2. The van der Waals surface area contributed by atoms with Crippen LogP contribution >= 0.6 is 11.8 Å². The first kappa shape index (κ1) is 15.6. The summed E-state index contributed by atoms with van der Waals surface area (Å²) >= 11 is 1.76. The summed E-state index contributed by atoms with van der Waals surface area (Å²) < 4.78 is 0. The lowest BCUT2D eigenvalue weighted by atomic mass is 10.0. The third kappa shape index (κ3) is 3.43. The van der Waals surface area contributed by atoms with Crippen molar-refractivity contribution in [1.29, 1.82) is 0 Å². The average Bonchev–Trinajstić information content (AvgIpc) is 2.79. The van der Waals surface area contributed by atoms with Crippen molar-refractivity contribution in [1.82, 2.24) is 16.0 Å². The minimum atomic E-state index is -1.04. The van der Waals surface area contributed by atoms with E-state index in [1.807, 2.05) is 0 Å². The van der Waals surface area contributed by atoms with E-state index in [1.54, 1.807) is 11.8 Å². The monoisotopic (exact) mass is 302 g/mol. The number of hydrogen-bond donors (Lipinski definition) is 5. The smallest absolute Gasteiger partial charge is 0.242 e. The number of nitrogens with two attached hydrogens (primary N) is 1. The van der Waals surface area contributed by atoms with E-state index in [1.165, 1.54) is 6.92 Å². The normalized spacial score (nSPS) is 28.0. The molecule has 1 spiro atoms. The maximum atomic E-state index is 12.2. The van der Waals surface area contributed by atoms with Gasteiger partial charge in [0.25, 0.3) is 0 Å². The molecule has 0 unspecified atom stereocenters. The van der Waals surface area contributed by atoms with Crippen molar-refractivity contribution in [2.24, 2.45) is 5.73 Å². The zero-order chi connectivity index (χ0) is 14.8. The molecule has 2 aliphatic heterocycles. The number of hydrogen-bond acceptors (Lipinski definition) is 6. The SMILES string of the molecule is C[C@@H](O)[C@H](NC(=O)[C@@H]1CSC2(CCNCC2)N1)C(N)=O. The molecule has 8 heteroatoms. The van der Waals surface area contributed by atoms with E-state index in [4.69, 9.17) is 5.73 Å². The number of rotatable bonds is 4. The summed E-state index contributed by atoms with van der Waals surface area (Å²) in [6.45, 7) is 3.30. The summed E-state index contributed by atoms with van der Waals surface area (Å²) in [6, 6.07) is -1.39. The Morgan fingerprint density at radius 1 is 1.45 bits per heavy atom. The van der Waals surface area contributed by atoms with Gasteiger partial charge in [-0.15, -0.1) is 11.8 Å². The third-order valence-corrected chi connectivity index (χ3v) is 5.36. The Morgan fingerprint density at radius 2 is 2.10 bits per heavy atom. The second-order valence-corrected chi connectivity index (χ2v) is 6.78. The summed E-state index contributed by atoms with van der Waals surface area (Å²) in [4.78, 5) is 23.3. The molecule has 3 atom stereocenters. The van der Waals surface area contributed by atoms with E-state index in [2.05, 4.69) is 16.0 Å². The van der Waals surface area contributed by atoms with E-state index in [0.29, 0.717) is 5.75 Å². The molecule has 7 nitrogen and oxygen atoms in total. The second-order valence-electron chi connectivity index (χ2n) is 5.38. The van der Waals surface area contributed by atoms with Gasteiger partial charge >= 0.3 is 0 Å². The Morgan fingerprint density at radius 3 is 2.65 bits per heavy atom. The highest BCUT2D eigenvalue weighted by molar-refractivity contribution is 8.01. The van der Waals surface area contributed by atoms with Crippen LogP contribution in [0.3, 0.4) is 0 Å². The molecule has 0 saturated carbocycles. The molecule has 0 aromatic carbocycles. The number of thioether (sulfide) groups is 1. The number of carbonyl (C=O) groups is 2. The van der Waals surface area contributed by atoms with Gasteiger partial charge in [0.1, 0.15) is 6.04 Å². The van der Waals surface area contributed by atoms with Crippen LogP contribution in [0.4, 0.5) is 0 Å². The van der Waals surface area contributed by atoms with Crippen LogP contribution in [0.25, 0.3) is 0 Å². The van der Waals surface area contributed by atoms with Crippen LogP contribution < -0.4 is 21.7 Å². The lowest BCUT2D eigenvalue weighted by Crippen LogP contribution is -2.57. The van der Waals surface area contributed by atoms with Crippen molar-refractivity contribution < 1.29 is 14.7 Å². The van der Waals surface area contributed by atoms with Crippen molar-refractivity contribution >= 4 is 23.6 Å². The topological polar surface area (TPSA) is 116 Å². The predicted octanol–water partition coefficient (Wildman–Crippen LogP) is -1.88. The van der Waals surface area contributed by atoms with Crippen LogP contribution in [0.1, 0.15) is 19.8 Å². The quantitative estimate of drug-likeness (QED) is 0.415. The molecular formula is C12H22N4O3S. The molecule has 0 bridgehead atoms. The van der Waals surface area contributed by atoms with Crippen LogP contribution in [0.15, 0.2) is 0 Å². The molecule has 6 N–H and O–H groups in total. The first-order valence-corrected chi connectivity index (χ1v) is 7.82. The number of aliphatic hydroxyl groups excluding tert-OH is 1. The summed E-state index contributed by atoms with van der Waals surface area (Å²) in [5.74, 6) is -0.342. The van der Waals surface area contributed by atoms with Gasteiger partial charge in [-0.3, -0.25) is 14.9 Å². The van der Waals surface area contributed by atoms with Gasteiger partial charge in [0, 0.05) is 5.75 Å². The van der Waals surface area contributed by atoms with Gasteiger partial charge in [-0.1, -0.05) is 0 Å². The van der Waals surface area contributed by atoms with Crippen LogP contribution in [-0.2, 0) is 9.59 Å². The number of primary amides is 1. The van der Waals surface area contributed by atoms with Gasteiger partial charge < -0.3 is 21.5 Å². The number of amides is 2. The number of nitrogens with one attached hydrogen (secondary N) is 3. The summed E-state index contributed by atoms with van der Waals surface area (Å²) in [5.41, 5.74) is 5.17. The molecule has 114 valence electrons. The van der Waals surface area contributed by atoms with Gasteiger partial charge in [0.05, 0.1) is 17.0 Å². The highest BCUT2D eigenvalue weighted by Crippen LogP contribution is 2.37. The largest absolute Gasteiger partial charge is 0.391 e. The van der Waals surface area contributed by atoms with Crippen LogP contribution in [-0.4, -0.2) is 58.8 Å². The fourth-order valence-electron chi connectivity index (χ4n) is 2.59. The molecule has 0 radical (unpaired) electrons. The Balaban J connectivity index is 1.92. The minimum absolute atomic E-state index is 0.0414. The molecule has 0 aromatic rings. The number of aliphatic hydroxyl groups is 1. The molecule has 20 heavy (non-hydrogen) atoms. The van der Waals surface area contributed by atoms with Crippen molar-refractivity contribution in [3.05, 3.63) is 0 Å². The molecule has 2 rings (SSSR count). The zero-order valence-corrected chi connectivity index (χ0v) is 12.3. The highest BCUT2D eigenvalue weighted by atomic mass is 32.2. The molecule has 2 saturated heterocycles. The minimum Gasteiger partial charge on any atom is -0.391 e. The standard InChI is InChI=1S/C12H22N4O3S/c1-7(17)9(10(13)18)15-11(19)8-6-20-12(16-8)2-4-14-5-3-12/h7-9,14,16-17H,2-6H2,1H3,(H2,13,18)(H,15,19)/t7-,8+,9+/m1/s1. The van der Waals surface area contributed by atoms with E-state index in [-0.39, 0.29) is 16.8 Å². The van der Waals surface area contributed by atoms with Crippen LogP contribution in [0.5, 0.6) is 0 Å². The van der Waals surface area contributed by atoms with Crippen LogP contribution in [0, 0.1) is 0 Å². The predicted molar refractivity (Wildman–Crippen MR) is 77.0 cm³/mol.